The van der Waals surface area contributed by atoms with Crippen LogP contribution in [0, 0.1) is 13.8 Å². The van der Waals surface area contributed by atoms with Crippen LogP contribution in [0.1, 0.15) is 48.9 Å². The van der Waals surface area contributed by atoms with Crippen molar-refractivity contribution in [2.45, 2.75) is 53.1 Å². The minimum Gasteiger partial charge on any atom is -0.452 e. The molecule has 26 heavy (non-hydrogen) atoms. The summed E-state index contributed by atoms with van der Waals surface area (Å²) < 4.78 is 5.31. The second kappa shape index (κ2) is 8.65. The van der Waals surface area contributed by atoms with Gasteiger partial charge in [-0.3, -0.25) is 9.59 Å². The first-order valence-electron chi connectivity index (χ1n) is 8.93. The average molecular weight is 353 g/mol. The number of esters is 1. The molecule has 0 aliphatic rings. The van der Waals surface area contributed by atoms with Gasteiger partial charge in [0, 0.05) is 5.69 Å². The fourth-order valence-corrected chi connectivity index (χ4v) is 2.72. The summed E-state index contributed by atoms with van der Waals surface area (Å²) in [5, 5.41) is 2.86. The van der Waals surface area contributed by atoms with Crippen molar-refractivity contribution < 1.29 is 14.3 Å². The van der Waals surface area contributed by atoms with E-state index >= 15 is 0 Å². The van der Waals surface area contributed by atoms with E-state index < -0.39 is 12.1 Å². The van der Waals surface area contributed by atoms with E-state index in [0.29, 0.717) is 0 Å². The van der Waals surface area contributed by atoms with Gasteiger partial charge in [-0.1, -0.05) is 50.2 Å². The Morgan fingerprint density at radius 2 is 1.69 bits per heavy atom. The Labute approximate surface area is 155 Å². The molecule has 0 heterocycles. The smallest absolute Gasteiger partial charge is 0.311 e. The lowest BCUT2D eigenvalue weighted by atomic mass is 10.0. The molecule has 0 saturated carbocycles. The van der Waals surface area contributed by atoms with Gasteiger partial charge in [-0.25, -0.2) is 0 Å². The molecule has 4 nitrogen and oxygen atoms in total. The van der Waals surface area contributed by atoms with Gasteiger partial charge in [0.15, 0.2) is 6.10 Å². The highest BCUT2D eigenvalue weighted by Gasteiger charge is 2.19. The number of para-hydroxylation sites is 1. The van der Waals surface area contributed by atoms with Crippen LogP contribution in [0.3, 0.4) is 0 Å². The van der Waals surface area contributed by atoms with Crippen LogP contribution < -0.4 is 5.32 Å². The summed E-state index contributed by atoms with van der Waals surface area (Å²) in [4.78, 5) is 24.5. The number of amides is 1. The number of rotatable bonds is 6. The van der Waals surface area contributed by atoms with E-state index in [4.69, 9.17) is 4.74 Å². The molecular weight excluding hydrogens is 326 g/mol. The Bertz CT molecular complexity index is 796. The topological polar surface area (TPSA) is 55.4 Å². The molecule has 138 valence electrons. The van der Waals surface area contributed by atoms with Crippen LogP contribution in [0.15, 0.2) is 42.5 Å². The lowest BCUT2D eigenvalue weighted by molar-refractivity contribution is -0.152. The third-order valence-electron chi connectivity index (χ3n) is 4.44. The van der Waals surface area contributed by atoms with Crippen LogP contribution in [-0.2, 0) is 20.7 Å². The first-order chi connectivity index (χ1) is 12.3. The van der Waals surface area contributed by atoms with Gasteiger partial charge >= 0.3 is 5.97 Å². The molecule has 0 fully saturated rings. The lowest BCUT2D eigenvalue weighted by Gasteiger charge is -2.17. The van der Waals surface area contributed by atoms with Gasteiger partial charge in [0.25, 0.3) is 5.91 Å². The lowest BCUT2D eigenvalue weighted by Crippen LogP contribution is -2.30. The average Bonchev–Trinajstić information content (AvgIpc) is 2.58. The Morgan fingerprint density at radius 3 is 2.35 bits per heavy atom. The standard InChI is InChI=1S/C22H27NO3/c1-14(2)19-8-6-7-9-20(19)23-22(25)17(5)26-21(24)13-18-11-10-15(3)16(4)12-18/h6-12,14,17H,13H2,1-5H3,(H,23,25)/t17-/m1/s1. The molecule has 2 aromatic carbocycles. The number of ether oxygens (including phenoxy) is 1. The SMILES string of the molecule is Cc1ccc(CC(=O)O[C@H](C)C(=O)Nc2ccccc2C(C)C)cc1C. The maximum atomic E-state index is 12.4. The highest BCUT2D eigenvalue weighted by Crippen LogP contribution is 2.23. The molecule has 0 unspecified atom stereocenters. The third-order valence-corrected chi connectivity index (χ3v) is 4.44. The summed E-state index contributed by atoms with van der Waals surface area (Å²) in [6.07, 6.45) is -0.698. The van der Waals surface area contributed by atoms with E-state index in [1.807, 2.05) is 56.3 Å². The highest BCUT2D eigenvalue weighted by molar-refractivity contribution is 5.95. The first-order valence-corrected chi connectivity index (χ1v) is 8.93. The number of hydrogen-bond donors (Lipinski definition) is 1. The molecule has 0 bridgehead atoms. The molecule has 1 N–H and O–H groups in total. The van der Waals surface area contributed by atoms with Crippen molar-refractivity contribution in [1.29, 1.82) is 0 Å². The number of anilines is 1. The summed E-state index contributed by atoms with van der Waals surface area (Å²) in [6.45, 7) is 9.76. The maximum absolute atomic E-state index is 12.4. The van der Waals surface area contributed by atoms with Crippen LogP contribution in [0.25, 0.3) is 0 Å². The van der Waals surface area contributed by atoms with Gasteiger partial charge in [-0.2, -0.15) is 0 Å². The van der Waals surface area contributed by atoms with Gasteiger partial charge < -0.3 is 10.1 Å². The summed E-state index contributed by atoms with van der Waals surface area (Å²) in [5.74, 6) is -0.450. The number of benzene rings is 2. The number of hydrogen-bond acceptors (Lipinski definition) is 3. The van der Waals surface area contributed by atoms with Gasteiger partial charge in [-0.05, 0) is 55.0 Å². The van der Waals surface area contributed by atoms with E-state index in [0.717, 1.165) is 22.4 Å². The Hall–Kier alpha value is -2.62. The van der Waals surface area contributed by atoms with Crippen molar-refractivity contribution in [2.75, 3.05) is 5.32 Å². The molecule has 0 spiro atoms. The molecule has 2 aromatic rings. The number of nitrogens with one attached hydrogen (secondary N) is 1. The zero-order valence-electron chi connectivity index (χ0n) is 16.1. The van der Waals surface area contributed by atoms with Crippen LogP contribution in [0.2, 0.25) is 0 Å². The molecule has 2 rings (SSSR count). The highest BCUT2D eigenvalue weighted by atomic mass is 16.5. The van der Waals surface area contributed by atoms with E-state index in [9.17, 15) is 9.59 Å². The van der Waals surface area contributed by atoms with Crippen molar-refractivity contribution in [2.24, 2.45) is 0 Å². The van der Waals surface area contributed by atoms with Gasteiger partial charge in [0.05, 0.1) is 6.42 Å². The molecule has 4 heteroatoms. The second-order valence-corrected chi connectivity index (χ2v) is 6.96. The van der Waals surface area contributed by atoms with Crippen molar-refractivity contribution in [3.63, 3.8) is 0 Å². The minimum absolute atomic E-state index is 0.154. The quantitative estimate of drug-likeness (QED) is 0.776. The fourth-order valence-electron chi connectivity index (χ4n) is 2.72. The normalized spacial score (nSPS) is 11.9. The van der Waals surface area contributed by atoms with Crippen LogP contribution in [-0.4, -0.2) is 18.0 Å². The second-order valence-electron chi connectivity index (χ2n) is 6.96. The monoisotopic (exact) mass is 353 g/mol. The van der Waals surface area contributed by atoms with Crippen molar-refractivity contribution >= 4 is 17.6 Å². The number of aryl methyl sites for hydroxylation is 2. The van der Waals surface area contributed by atoms with Crippen molar-refractivity contribution in [1.82, 2.24) is 0 Å². The van der Waals surface area contributed by atoms with Crippen molar-refractivity contribution in [3.8, 4) is 0 Å². The predicted octanol–water partition coefficient (Wildman–Crippen LogP) is 4.54. The molecule has 1 atom stereocenters. The summed E-state index contributed by atoms with van der Waals surface area (Å²) in [7, 11) is 0. The van der Waals surface area contributed by atoms with Gasteiger partial charge in [0.1, 0.15) is 0 Å². The van der Waals surface area contributed by atoms with Gasteiger partial charge in [0.2, 0.25) is 0 Å². The molecule has 0 saturated heterocycles. The summed E-state index contributed by atoms with van der Waals surface area (Å²) in [6, 6.07) is 13.5. The van der Waals surface area contributed by atoms with E-state index in [2.05, 4.69) is 19.2 Å². The van der Waals surface area contributed by atoms with Crippen LogP contribution >= 0.6 is 0 Å². The third kappa shape index (κ3) is 5.19. The van der Waals surface area contributed by atoms with Crippen LogP contribution in [0.5, 0.6) is 0 Å². The first kappa shape index (κ1) is 19.7. The maximum Gasteiger partial charge on any atom is 0.311 e. The zero-order chi connectivity index (χ0) is 19.3. The van der Waals surface area contributed by atoms with Crippen LogP contribution in [0.4, 0.5) is 5.69 Å². The van der Waals surface area contributed by atoms with Crippen molar-refractivity contribution in [3.05, 3.63) is 64.7 Å². The largest absolute Gasteiger partial charge is 0.452 e. The Morgan fingerprint density at radius 1 is 1.00 bits per heavy atom. The molecule has 0 aliphatic heterocycles. The predicted molar refractivity (Wildman–Crippen MR) is 104 cm³/mol. The molecule has 0 aromatic heterocycles. The molecule has 0 radical (unpaired) electrons. The zero-order valence-corrected chi connectivity index (χ0v) is 16.1. The fraction of sp³-hybridized carbons (Fsp3) is 0.364. The Kier molecular flexibility index (Phi) is 6.56. The minimum atomic E-state index is -0.853. The number of carbonyl (C=O) groups is 2. The Balaban J connectivity index is 1.96. The summed E-state index contributed by atoms with van der Waals surface area (Å²) >= 11 is 0. The molecular formula is C22H27NO3. The van der Waals surface area contributed by atoms with E-state index in [-0.39, 0.29) is 18.2 Å². The van der Waals surface area contributed by atoms with Gasteiger partial charge in [-0.15, -0.1) is 0 Å². The summed E-state index contributed by atoms with van der Waals surface area (Å²) in [5.41, 5.74) is 5.00. The van der Waals surface area contributed by atoms with E-state index in [1.54, 1.807) is 6.92 Å². The molecule has 1 amide bonds. The van der Waals surface area contributed by atoms with E-state index in [1.165, 1.54) is 5.56 Å². The number of carbonyl (C=O) groups excluding carboxylic acids is 2. The molecule has 0 aliphatic carbocycles.